The molecule has 2 nitrogen and oxygen atoms in total. The molecule has 1 heterocycles. The number of nitrogens with one attached hydrogen (secondary N) is 1. The second-order valence-electron chi connectivity index (χ2n) is 5.91. The fraction of sp³-hybridized carbons (Fsp3) is 0.389. The number of hydrogen-bond donors (Lipinski definition) is 1. The highest BCUT2D eigenvalue weighted by molar-refractivity contribution is 5.31. The van der Waals surface area contributed by atoms with E-state index in [9.17, 15) is 0 Å². The van der Waals surface area contributed by atoms with Crippen molar-refractivity contribution in [3.8, 4) is 0 Å². The molecule has 2 heteroatoms. The topological polar surface area (TPSA) is 24.9 Å². The maximum Gasteiger partial charge on any atom is 0.0372 e. The largest absolute Gasteiger partial charge is 0.310 e. The highest BCUT2D eigenvalue weighted by atomic mass is 14.9. The van der Waals surface area contributed by atoms with Gasteiger partial charge in [0.25, 0.3) is 0 Å². The van der Waals surface area contributed by atoms with Crippen molar-refractivity contribution in [2.75, 3.05) is 0 Å². The minimum Gasteiger partial charge on any atom is -0.310 e. The number of pyridine rings is 1. The van der Waals surface area contributed by atoms with Crippen LogP contribution in [-0.2, 0) is 6.54 Å². The highest BCUT2D eigenvalue weighted by Crippen LogP contribution is 2.38. The third-order valence-electron chi connectivity index (χ3n) is 4.33. The lowest BCUT2D eigenvalue weighted by molar-refractivity contribution is 0.289. The van der Waals surface area contributed by atoms with Gasteiger partial charge in [0.15, 0.2) is 0 Å². The molecule has 1 aliphatic rings. The van der Waals surface area contributed by atoms with Crippen molar-refractivity contribution in [3.63, 3.8) is 0 Å². The van der Waals surface area contributed by atoms with Crippen LogP contribution in [0.2, 0.25) is 0 Å². The first-order valence-corrected chi connectivity index (χ1v) is 7.43. The van der Waals surface area contributed by atoms with E-state index in [4.69, 9.17) is 0 Å². The molecule has 2 aromatic rings. The smallest absolute Gasteiger partial charge is 0.0372 e. The Morgan fingerprint density at radius 3 is 2.60 bits per heavy atom. The predicted octanol–water partition coefficient (Wildman–Crippen LogP) is 3.73. The maximum atomic E-state index is 4.34. The Morgan fingerprint density at radius 1 is 1.10 bits per heavy atom. The standard InChI is InChI=1S/C18H22N2/c1-13-5-3-4-6-18(13)16-9-17(10-16)20-12-15-8-7-14(2)19-11-15/h3-8,11,16-17,20H,9-10,12H2,1-2H3. The quantitative estimate of drug-likeness (QED) is 0.912. The van der Waals surface area contributed by atoms with Gasteiger partial charge in [0.1, 0.15) is 0 Å². The molecule has 0 bridgehead atoms. The third-order valence-corrected chi connectivity index (χ3v) is 4.33. The lowest BCUT2D eigenvalue weighted by Gasteiger charge is -2.37. The van der Waals surface area contributed by atoms with Gasteiger partial charge in [-0.2, -0.15) is 0 Å². The summed E-state index contributed by atoms with van der Waals surface area (Å²) in [6.45, 7) is 5.17. The minimum absolute atomic E-state index is 0.654. The number of benzene rings is 1. The van der Waals surface area contributed by atoms with Crippen LogP contribution < -0.4 is 5.32 Å². The Morgan fingerprint density at radius 2 is 1.90 bits per heavy atom. The SMILES string of the molecule is Cc1ccc(CNC2CC(c3ccccc3C)C2)cn1. The molecule has 0 spiro atoms. The summed E-state index contributed by atoms with van der Waals surface area (Å²) in [5.74, 6) is 0.741. The Bertz CT molecular complexity index is 568. The van der Waals surface area contributed by atoms with E-state index in [1.54, 1.807) is 0 Å². The molecule has 1 aromatic heterocycles. The van der Waals surface area contributed by atoms with Gasteiger partial charge in [-0.3, -0.25) is 4.98 Å². The molecule has 1 aliphatic carbocycles. The lowest BCUT2D eigenvalue weighted by Crippen LogP contribution is -2.39. The highest BCUT2D eigenvalue weighted by Gasteiger charge is 2.30. The van der Waals surface area contributed by atoms with Crippen LogP contribution in [-0.4, -0.2) is 11.0 Å². The van der Waals surface area contributed by atoms with Crippen LogP contribution in [0.3, 0.4) is 0 Å². The van der Waals surface area contributed by atoms with Gasteiger partial charge in [-0.1, -0.05) is 30.3 Å². The van der Waals surface area contributed by atoms with Crippen LogP contribution in [0.25, 0.3) is 0 Å². The fourth-order valence-electron chi connectivity index (χ4n) is 2.95. The van der Waals surface area contributed by atoms with E-state index < -0.39 is 0 Å². The van der Waals surface area contributed by atoms with Crippen LogP contribution >= 0.6 is 0 Å². The Labute approximate surface area is 121 Å². The van der Waals surface area contributed by atoms with E-state index in [1.165, 1.54) is 29.5 Å². The molecule has 1 N–H and O–H groups in total. The average Bonchev–Trinajstić information content (AvgIpc) is 2.41. The van der Waals surface area contributed by atoms with Gasteiger partial charge in [-0.15, -0.1) is 0 Å². The van der Waals surface area contributed by atoms with E-state index in [1.807, 2.05) is 13.1 Å². The summed E-state index contributed by atoms with van der Waals surface area (Å²) in [5, 5.41) is 3.63. The summed E-state index contributed by atoms with van der Waals surface area (Å²) in [6, 6.07) is 13.7. The molecule has 0 radical (unpaired) electrons. The van der Waals surface area contributed by atoms with Gasteiger partial charge in [-0.05, 0) is 55.4 Å². The molecule has 3 rings (SSSR count). The molecule has 0 unspecified atom stereocenters. The molecular weight excluding hydrogens is 244 g/mol. The summed E-state index contributed by atoms with van der Waals surface area (Å²) in [4.78, 5) is 4.34. The zero-order chi connectivity index (χ0) is 13.9. The first-order chi connectivity index (χ1) is 9.72. The summed E-state index contributed by atoms with van der Waals surface area (Å²) in [7, 11) is 0. The lowest BCUT2D eigenvalue weighted by atomic mass is 9.74. The minimum atomic E-state index is 0.654. The summed E-state index contributed by atoms with van der Waals surface area (Å²) >= 11 is 0. The van der Waals surface area contributed by atoms with Gasteiger partial charge in [-0.25, -0.2) is 0 Å². The molecule has 0 saturated heterocycles. The van der Waals surface area contributed by atoms with Crippen LogP contribution in [0.1, 0.15) is 41.1 Å². The molecule has 0 aliphatic heterocycles. The zero-order valence-electron chi connectivity index (χ0n) is 12.3. The molecule has 0 atom stereocenters. The number of hydrogen-bond acceptors (Lipinski definition) is 2. The third kappa shape index (κ3) is 2.91. The molecule has 0 amide bonds. The van der Waals surface area contributed by atoms with Gasteiger partial charge in [0.05, 0.1) is 0 Å². The molecule has 1 aromatic carbocycles. The zero-order valence-corrected chi connectivity index (χ0v) is 12.3. The van der Waals surface area contributed by atoms with Crippen molar-refractivity contribution in [1.29, 1.82) is 0 Å². The Hall–Kier alpha value is -1.67. The van der Waals surface area contributed by atoms with E-state index >= 15 is 0 Å². The Kier molecular flexibility index (Phi) is 3.83. The fourth-order valence-corrected chi connectivity index (χ4v) is 2.95. The van der Waals surface area contributed by atoms with Crippen molar-refractivity contribution in [2.24, 2.45) is 0 Å². The second kappa shape index (κ2) is 5.76. The summed E-state index contributed by atoms with van der Waals surface area (Å²) in [6.07, 6.45) is 4.48. The van der Waals surface area contributed by atoms with Crippen LogP contribution in [0.5, 0.6) is 0 Å². The monoisotopic (exact) mass is 266 g/mol. The van der Waals surface area contributed by atoms with Crippen molar-refractivity contribution in [1.82, 2.24) is 10.3 Å². The number of nitrogens with zero attached hydrogens (tertiary/aromatic N) is 1. The normalized spacial score (nSPS) is 21.5. The van der Waals surface area contributed by atoms with Gasteiger partial charge in [0.2, 0.25) is 0 Å². The number of aryl methyl sites for hydroxylation is 2. The summed E-state index contributed by atoms with van der Waals surface area (Å²) < 4.78 is 0. The maximum absolute atomic E-state index is 4.34. The van der Waals surface area contributed by atoms with Crippen molar-refractivity contribution in [2.45, 2.75) is 45.2 Å². The van der Waals surface area contributed by atoms with Gasteiger partial charge in [0, 0.05) is 24.5 Å². The summed E-state index contributed by atoms with van der Waals surface area (Å²) in [5.41, 5.74) is 5.31. The van der Waals surface area contributed by atoms with Crippen LogP contribution in [0, 0.1) is 13.8 Å². The second-order valence-corrected chi connectivity index (χ2v) is 5.91. The number of rotatable bonds is 4. The molecule has 1 fully saturated rings. The van der Waals surface area contributed by atoms with Crippen molar-refractivity contribution >= 4 is 0 Å². The average molecular weight is 266 g/mol. The molecule has 20 heavy (non-hydrogen) atoms. The molecule has 1 saturated carbocycles. The van der Waals surface area contributed by atoms with Crippen molar-refractivity contribution in [3.05, 3.63) is 65.0 Å². The van der Waals surface area contributed by atoms with Crippen molar-refractivity contribution < 1.29 is 0 Å². The van der Waals surface area contributed by atoms with E-state index in [0.717, 1.165) is 18.2 Å². The van der Waals surface area contributed by atoms with Crippen LogP contribution in [0.4, 0.5) is 0 Å². The van der Waals surface area contributed by atoms with Gasteiger partial charge < -0.3 is 5.32 Å². The predicted molar refractivity (Wildman–Crippen MR) is 82.8 cm³/mol. The Balaban J connectivity index is 1.49. The first-order valence-electron chi connectivity index (χ1n) is 7.43. The van der Waals surface area contributed by atoms with Gasteiger partial charge >= 0.3 is 0 Å². The van der Waals surface area contributed by atoms with E-state index in [0.29, 0.717) is 6.04 Å². The van der Waals surface area contributed by atoms with E-state index in [-0.39, 0.29) is 0 Å². The van der Waals surface area contributed by atoms with E-state index in [2.05, 4.69) is 53.6 Å². The molecule has 104 valence electrons. The first kappa shape index (κ1) is 13.3. The van der Waals surface area contributed by atoms with Crippen LogP contribution in [0.15, 0.2) is 42.6 Å². The number of aromatic nitrogens is 1. The molecular formula is C18H22N2.